The molecule has 134 valence electrons. The molecule has 2 aromatic rings. The van der Waals surface area contributed by atoms with E-state index >= 15 is 0 Å². The van der Waals surface area contributed by atoms with E-state index in [0.717, 1.165) is 17.7 Å². The lowest BCUT2D eigenvalue weighted by molar-refractivity contribution is -0.119. The van der Waals surface area contributed by atoms with Crippen LogP contribution in [-0.4, -0.2) is 32.7 Å². The van der Waals surface area contributed by atoms with Crippen molar-refractivity contribution in [1.29, 1.82) is 0 Å². The Bertz CT molecular complexity index is 690. The summed E-state index contributed by atoms with van der Waals surface area (Å²) in [7, 11) is 1.64. The highest BCUT2D eigenvalue weighted by molar-refractivity contribution is 6.32. The first-order valence-corrected chi connectivity index (χ1v) is 8.56. The Hall–Kier alpha value is -2.40. The van der Waals surface area contributed by atoms with E-state index in [0.29, 0.717) is 29.6 Å². The number of benzene rings is 2. The minimum absolute atomic E-state index is 0.0871. The number of rotatable bonds is 9. The Morgan fingerprint density at radius 1 is 1.16 bits per heavy atom. The zero-order chi connectivity index (χ0) is 18.1. The van der Waals surface area contributed by atoms with Crippen molar-refractivity contribution in [3.63, 3.8) is 0 Å². The van der Waals surface area contributed by atoms with Crippen LogP contribution in [0.15, 0.2) is 42.5 Å². The third-order valence-corrected chi connectivity index (χ3v) is 3.89. The maximum atomic E-state index is 12.0. The summed E-state index contributed by atoms with van der Waals surface area (Å²) < 4.78 is 10.6. The number of para-hydroxylation sites is 1. The number of carbonyl (C=O) groups is 1. The topological polar surface area (TPSA) is 59.6 Å². The number of nitrogens with one attached hydrogen (secondary N) is 2. The first kappa shape index (κ1) is 18.9. The fourth-order valence-electron chi connectivity index (χ4n) is 2.32. The predicted molar refractivity (Wildman–Crippen MR) is 101 cm³/mol. The molecule has 0 radical (unpaired) electrons. The quantitative estimate of drug-likeness (QED) is 0.716. The highest BCUT2D eigenvalue weighted by Crippen LogP contribution is 2.32. The Morgan fingerprint density at radius 2 is 1.92 bits per heavy atom. The molecule has 0 saturated carbocycles. The van der Waals surface area contributed by atoms with Crippen molar-refractivity contribution < 1.29 is 14.3 Å². The molecule has 2 aromatic carbocycles. The fourth-order valence-corrected chi connectivity index (χ4v) is 2.54. The van der Waals surface area contributed by atoms with E-state index in [9.17, 15) is 4.79 Å². The van der Waals surface area contributed by atoms with Crippen LogP contribution in [0.4, 0.5) is 5.69 Å². The minimum atomic E-state index is -0.0871. The van der Waals surface area contributed by atoms with Crippen molar-refractivity contribution in [1.82, 2.24) is 5.32 Å². The summed E-state index contributed by atoms with van der Waals surface area (Å²) in [6, 6.07) is 13.2. The van der Waals surface area contributed by atoms with Gasteiger partial charge in [-0.2, -0.15) is 0 Å². The molecule has 0 unspecified atom stereocenters. The smallest absolute Gasteiger partial charge is 0.239 e. The highest BCUT2D eigenvalue weighted by atomic mass is 35.5. The maximum Gasteiger partial charge on any atom is 0.239 e. The zero-order valence-electron chi connectivity index (χ0n) is 14.5. The molecule has 5 nitrogen and oxygen atoms in total. The highest BCUT2D eigenvalue weighted by Gasteiger charge is 2.09. The summed E-state index contributed by atoms with van der Waals surface area (Å²) in [6.07, 6.45) is 0.761. The zero-order valence-corrected chi connectivity index (χ0v) is 15.2. The Morgan fingerprint density at radius 3 is 2.60 bits per heavy atom. The van der Waals surface area contributed by atoms with E-state index in [4.69, 9.17) is 21.1 Å². The SMILES string of the molecule is CCOc1c(Cl)cccc1NCC(=O)NCCc1ccc(OC)cc1. The molecule has 0 spiro atoms. The maximum absolute atomic E-state index is 12.0. The van der Waals surface area contributed by atoms with Crippen molar-refractivity contribution in [2.75, 3.05) is 32.1 Å². The number of carbonyl (C=O) groups excluding carboxylic acids is 1. The number of methoxy groups -OCH3 is 1. The monoisotopic (exact) mass is 362 g/mol. The molecule has 25 heavy (non-hydrogen) atoms. The molecule has 0 bridgehead atoms. The lowest BCUT2D eigenvalue weighted by Crippen LogP contribution is -2.31. The van der Waals surface area contributed by atoms with Gasteiger partial charge in [-0.1, -0.05) is 29.8 Å². The van der Waals surface area contributed by atoms with Crippen LogP contribution in [0.3, 0.4) is 0 Å². The van der Waals surface area contributed by atoms with Crippen LogP contribution in [-0.2, 0) is 11.2 Å². The van der Waals surface area contributed by atoms with Crippen LogP contribution in [0.2, 0.25) is 5.02 Å². The van der Waals surface area contributed by atoms with Gasteiger partial charge in [-0.15, -0.1) is 0 Å². The summed E-state index contributed by atoms with van der Waals surface area (Å²) in [5.74, 6) is 1.30. The van der Waals surface area contributed by atoms with Crippen LogP contribution in [0.5, 0.6) is 11.5 Å². The molecule has 0 saturated heterocycles. The van der Waals surface area contributed by atoms with Gasteiger partial charge in [0.1, 0.15) is 5.75 Å². The van der Waals surface area contributed by atoms with Gasteiger partial charge in [-0.3, -0.25) is 4.79 Å². The first-order chi connectivity index (χ1) is 12.1. The van der Waals surface area contributed by atoms with Gasteiger partial charge in [0.25, 0.3) is 0 Å². The number of ether oxygens (including phenoxy) is 2. The van der Waals surface area contributed by atoms with Crippen molar-refractivity contribution in [3.05, 3.63) is 53.1 Å². The summed E-state index contributed by atoms with van der Waals surface area (Å²) in [4.78, 5) is 12.0. The fraction of sp³-hybridized carbons (Fsp3) is 0.316. The van der Waals surface area contributed by atoms with Crippen LogP contribution < -0.4 is 20.1 Å². The van der Waals surface area contributed by atoms with Gasteiger partial charge < -0.3 is 20.1 Å². The van der Waals surface area contributed by atoms with E-state index in [2.05, 4.69) is 10.6 Å². The number of amides is 1. The third kappa shape index (κ3) is 5.87. The second-order valence-electron chi connectivity index (χ2n) is 5.35. The summed E-state index contributed by atoms with van der Waals surface area (Å²) in [5, 5.41) is 6.47. The van der Waals surface area contributed by atoms with Gasteiger partial charge in [0.15, 0.2) is 5.75 Å². The first-order valence-electron chi connectivity index (χ1n) is 8.18. The molecular weight excluding hydrogens is 340 g/mol. The number of hydrogen-bond donors (Lipinski definition) is 2. The molecule has 0 heterocycles. The number of hydrogen-bond acceptors (Lipinski definition) is 4. The standard InChI is InChI=1S/C19H23ClN2O3/c1-3-25-19-16(20)5-4-6-17(19)22-13-18(23)21-12-11-14-7-9-15(24-2)10-8-14/h4-10,22H,3,11-13H2,1-2H3,(H,21,23). The number of anilines is 1. The average molecular weight is 363 g/mol. The lowest BCUT2D eigenvalue weighted by Gasteiger charge is -2.13. The van der Waals surface area contributed by atoms with Crippen molar-refractivity contribution in [2.45, 2.75) is 13.3 Å². The van der Waals surface area contributed by atoms with E-state index in [1.807, 2.05) is 43.3 Å². The normalized spacial score (nSPS) is 10.2. The van der Waals surface area contributed by atoms with E-state index in [1.54, 1.807) is 13.2 Å². The summed E-state index contributed by atoms with van der Waals surface area (Å²) >= 11 is 6.12. The van der Waals surface area contributed by atoms with Gasteiger partial charge in [-0.05, 0) is 43.2 Å². The van der Waals surface area contributed by atoms with Gasteiger partial charge in [0.05, 0.1) is 31.0 Å². The Kier molecular flexibility index (Phi) is 7.41. The number of halogens is 1. The van der Waals surface area contributed by atoms with Crippen LogP contribution in [0, 0.1) is 0 Å². The third-order valence-electron chi connectivity index (χ3n) is 3.59. The molecule has 0 aliphatic rings. The predicted octanol–water partition coefficient (Wildman–Crippen LogP) is 3.52. The summed E-state index contributed by atoms with van der Waals surface area (Å²) in [6.45, 7) is 3.12. The summed E-state index contributed by atoms with van der Waals surface area (Å²) in [5.41, 5.74) is 1.85. The molecule has 0 atom stereocenters. The molecule has 0 aliphatic carbocycles. The molecule has 6 heteroatoms. The van der Waals surface area contributed by atoms with Crippen LogP contribution in [0.25, 0.3) is 0 Å². The van der Waals surface area contributed by atoms with E-state index in [-0.39, 0.29) is 12.5 Å². The van der Waals surface area contributed by atoms with E-state index in [1.165, 1.54) is 0 Å². The minimum Gasteiger partial charge on any atom is -0.497 e. The van der Waals surface area contributed by atoms with Gasteiger partial charge in [-0.25, -0.2) is 0 Å². The van der Waals surface area contributed by atoms with Crippen molar-refractivity contribution in [3.8, 4) is 11.5 Å². The Labute approximate surface area is 153 Å². The molecule has 1 amide bonds. The van der Waals surface area contributed by atoms with Crippen LogP contribution >= 0.6 is 11.6 Å². The molecular formula is C19H23ClN2O3. The lowest BCUT2D eigenvalue weighted by atomic mass is 10.1. The van der Waals surface area contributed by atoms with Crippen molar-refractivity contribution >= 4 is 23.2 Å². The Balaban J connectivity index is 1.78. The van der Waals surface area contributed by atoms with Gasteiger partial charge >= 0.3 is 0 Å². The van der Waals surface area contributed by atoms with Gasteiger partial charge in [0.2, 0.25) is 5.91 Å². The second-order valence-corrected chi connectivity index (χ2v) is 5.76. The van der Waals surface area contributed by atoms with Gasteiger partial charge in [0, 0.05) is 6.54 Å². The van der Waals surface area contributed by atoms with Crippen molar-refractivity contribution in [2.24, 2.45) is 0 Å². The second kappa shape index (κ2) is 9.79. The van der Waals surface area contributed by atoms with E-state index < -0.39 is 0 Å². The molecule has 2 rings (SSSR count). The molecule has 0 fully saturated rings. The largest absolute Gasteiger partial charge is 0.497 e. The molecule has 2 N–H and O–H groups in total. The van der Waals surface area contributed by atoms with Crippen LogP contribution in [0.1, 0.15) is 12.5 Å². The molecule has 0 aromatic heterocycles. The average Bonchev–Trinajstić information content (AvgIpc) is 2.63. The molecule has 0 aliphatic heterocycles.